The van der Waals surface area contributed by atoms with E-state index in [9.17, 15) is 9.18 Å². The number of rotatable bonds is 4. The molecule has 98 valence electrons. The molecule has 1 amide bonds. The van der Waals surface area contributed by atoms with Gasteiger partial charge in [-0.3, -0.25) is 4.79 Å². The van der Waals surface area contributed by atoms with Crippen LogP contribution in [0.5, 0.6) is 0 Å². The van der Waals surface area contributed by atoms with Gasteiger partial charge in [0.15, 0.2) is 0 Å². The molecule has 0 saturated carbocycles. The van der Waals surface area contributed by atoms with Crippen LogP contribution in [0.15, 0.2) is 18.2 Å². The van der Waals surface area contributed by atoms with E-state index in [0.717, 1.165) is 18.5 Å². The maximum atomic E-state index is 13.4. The number of hydrogen-bond acceptors (Lipinski definition) is 2. The molecule has 2 N–H and O–H groups in total. The lowest BCUT2D eigenvalue weighted by molar-refractivity contribution is -0.119. The summed E-state index contributed by atoms with van der Waals surface area (Å²) in [6.07, 6.45) is 1.49. The van der Waals surface area contributed by atoms with Crippen molar-refractivity contribution in [3.63, 3.8) is 0 Å². The lowest BCUT2D eigenvalue weighted by atomic mass is 10.1. The third kappa shape index (κ3) is 3.07. The van der Waals surface area contributed by atoms with Gasteiger partial charge in [0.05, 0.1) is 0 Å². The summed E-state index contributed by atoms with van der Waals surface area (Å²) in [6, 6.07) is 5.58. The molecule has 1 heterocycles. The summed E-state index contributed by atoms with van der Waals surface area (Å²) in [5.41, 5.74) is 1.59. The lowest BCUT2D eigenvalue weighted by Gasteiger charge is -2.18. The van der Waals surface area contributed by atoms with Crippen molar-refractivity contribution in [3.8, 4) is 0 Å². The molecule has 0 bridgehead atoms. The number of amides is 1. The summed E-state index contributed by atoms with van der Waals surface area (Å²) in [5.74, 6) is -0.0499. The molecule has 1 aliphatic heterocycles. The minimum atomic E-state index is -0.171. The molecule has 1 aliphatic rings. The van der Waals surface area contributed by atoms with Gasteiger partial charge < -0.3 is 10.6 Å². The molecular formula is C14H19FN2O. The smallest absolute Gasteiger partial charge is 0.220 e. The number of carbonyl (C=O) groups is 1. The second kappa shape index (κ2) is 5.48. The van der Waals surface area contributed by atoms with E-state index in [2.05, 4.69) is 10.6 Å². The summed E-state index contributed by atoms with van der Waals surface area (Å²) in [5, 5.41) is 6.23. The molecule has 0 spiro atoms. The molecule has 4 heteroatoms. The highest BCUT2D eigenvalue weighted by Gasteiger charge is 2.20. The Hall–Kier alpha value is -1.42. The standard InChI is InChI=1S/C14H19FN2O/c1-9-3-4-11(7-13(9)15)10(2)16-8-12-5-6-14(18)17-12/h3-4,7,10,12,16H,5-6,8H2,1-2H3,(H,17,18). The molecule has 1 fully saturated rings. The maximum Gasteiger partial charge on any atom is 0.220 e. The van der Waals surface area contributed by atoms with Crippen molar-refractivity contribution in [1.29, 1.82) is 0 Å². The van der Waals surface area contributed by atoms with Crippen molar-refractivity contribution < 1.29 is 9.18 Å². The van der Waals surface area contributed by atoms with Gasteiger partial charge >= 0.3 is 0 Å². The van der Waals surface area contributed by atoms with Gasteiger partial charge in [0.25, 0.3) is 0 Å². The Labute approximate surface area is 107 Å². The summed E-state index contributed by atoms with van der Waals surface area (Å²) in [7, 11) is 0. The highest BCUT2D eigenvalue weighted by Crippen LogP contribution is 2.16. The van der Waals surface area contributed by atoms with Gasteiger partial charge in [0.2, 0.25) is 5.91 Å². The summed E-state index contributed by atoms with van der Waals surface area (Å²) < 4.78 is 13.4. The molecule has 2 rings (SSSR count). The second-order valence-electron chi connectivity index (χ2n) is 4.94. The Kier molecular flexibility index (Phi) is 3.97. The Bertz CT molecular complexity index is 447. The van der Waals surface area contributed by atoms with E-state index >= 15 is 0 Å². The molecule has 18 heavy (non-hydrogen) atoms. The third-order valence-electron chi connectivity index (χ3n) is 3.45. The van der Waals surface area contributed by atoms with Crippen molar-refractivity contribution >= 4 is 5.91 Å². The first-order valence-electron chi connectivity index (χ1n) is 6.35. The van der Waals surface area contributed by atoms with E-state index in [0.29, 0.717) is 12.0 Å². The molecule has 3 nitrogen and oxygen atoms in total. The fraction of sp³-hybridized carbons (Fsp3) is 0.500. The summed E-state index contributed by atoms with van der Waals surface area (Å²) in [4.78, 5) is 11.1. The van der Waals surface area contributed by atoms with Crippen molar-refractivity contribution in [1.82, 2.24) is 10.6 Å². The maximum absolute atomic E-state index is 13.4. The molecule has 1 saturated heterocycles. The Morgan fingerprint density at radius 3 is 2.94 bits per heavy atom. The van der Waals surface area contributed by atoms with Crippen LogP contribution in [-0.2, 0) is 4.79 Å². The van der Waals surface area contributed by atoms with Gasteiger partial charge in [-0.05, 0) is 37.5 Å². The molecule has 0 aliphatic carbocycles. The Morgan fingerprint density at radius 2 is 2.33 bits per heavy atom. The van der Waals surface area contributed by atoms with E-state index < -0.39 is 0 Å². The molecular weight excluding hydrogens is 231 g/mol. The minimum Gasteiger partial charge on any atom is -0.352 e. The van der Waals surface area contributed by atoms with Crippen molar-refractivity contribution in [2.75, 3.05) is 6.54 Å². The van der Waals surface area contributed by atoms with E-state index in [1.807, 2.05) is 13.0 Å². The molecule has 2 unspecified atom stereocenters. The zero-order valence-corrected chi connectivity index (χ0v) is 10.8. The third-order valence-corrected chi connectivity index (χ3v) is 3.45. The first-order chi connectivity index (χ1) is 8.56. The van der Waals surface area contributed by atoms with Crippen LogP contribution < -0.4 is 10.6 Å². The second-order valence-corrected chi connectivity index (χ2v) is 4.94. The summed E-state index contributed by atoms with van der Waals surface area (Å²) in [6.45, 7) is 4.48. The SMILES string of the molecule is Cc1ccc(C(C)NCC2CCC(=O)N2)cc1F. The molecule has 1 aromatic rings. The average Bonchev–Trinajstić information content (AvgIpc) is 2.75. The topological polar surface area (TPSA) is 41.1 Å². The molecule has 2 atom stereocenters. The van der Waals surface area contributed by atoms with Gasteiger partial charge in [-0.25, -0.2) is 4.39 Å². The number of aryl methyl sites for hydroxylation is 1. The van der Waals surface area contributed by atoms with Crippen LogP contribution in [0, 0.1) is 12.7 Å². The molecule has 0 aromatic heterocycles. The highest BCUT2D eigenvalue weighted by atomic mass is 19.1. The van der Waals surface area contributed by atoms with E-state index in [1.165, 1.54) is 0 Å². The van der Waals surface area contributed by atoms with Crippen molar-refractivity contribution in [2.45, 2.75) is 38.8 Å². The van der Waals surface area contributed by atoms with Crippen LogP contribution in [0.25, 0.3) is 0 Å². The largest absolute Gasteiger partial charge is 0.352 e. The predicted molar refractivity (Wildman–Crippen MR) is 68.7 cm³/mol. The fourth-order valence-electron chi connectivity index (χ4n) is 2.15. The van der Waals surface area contributed by atoms with Crippen molar-refractivity contribution in [3.05, 3.63) is 35.1 Å². The van der Waals surface area contributed by atoms with Gasteiger partial charge in [0, 0.05) is 25.0 Å². The normalized spacial score (nSPS) is 20.8. The van der Waals surface area contributed by atoms with Crippen LogP contribution in [0.3, 0.4) is 0 Å². The minimum absolute atomic E-state index is 0.0811. The number of halogens is 1. The van der Waals surface area contributed by atoms with Crippen LogP contribution in [-0.4, -0.2) is 18.5 Å². The van der Waals surface area contributed by atoms with Crippen LogP contribution in [0.2, 0.25) is 0 Å². The summed E-state index contributed by atoms with van der Waals surface area (Å²) >= 11 is 0. The Morgan fingerprint density at radius 1 is 1.56 bits per heavy atom. The lowest BCUT2D eigenvalue weighted by Crippen LogP contribution is -2.36. The average molecular weight is 250 g/mol. The number of carbonyl (C=O) groups excluding carboxylic acids is 1. The van der Waals surface area contributed by atoms with E-state index in [4.69, 9.17) is 0 Å². The zero-order chi connectivity index (χ0) is 13.1. The quantitative estimate of drug-likeness (QED) is 0.859. The van der Waals surface area contributed by atoms with E-state index in [-0.39, 0.29) is 23.8 Å². The van der Waals surface area contributed by atoms with E-state index in [1.54, 1.807) is 19.1 Å². The number of hydrogen-bond donors (Lipinski definition) is 2. The van der Waals surface area contributed by atoms with Crippen LogP contribution >= 0.6 is 0 Å². The van der Waals surface area contributed by atoms with Crippen molar-refractivity contribution in [2.24, 2.45) is 0 Å². The van der Waals surface area contributed by atoms with Gasteiger partial charge in [-0.1, -0.05) is 12.1 Å². The zero-order valence-electron chi connectivity index (χ0n) is 10.8. The number of nitrogens with one attached hydrogen (secondary N) is 2. The van der Waals surface area contributed by atoms with Crippen LogP contribution in [0.1, 0.15) is 36.9 Å². The predicted octanol–water partition coefficient (Wildman–Crippen LogP) is 2.06. The molecule has 0 radical (unpaired) electrons. The van der Waals surface area contributed by atoms with Crippen LogP contribution in [0.4, 0.5) is 4.39 Å². The first kappa shape index (κ1) is 13.0. The van der Waals surface area contributed by atoms with Gasteiger partial charge in [0.1, 0.15) is 5.82 Å². The van der Waals surface area contributed by atoms with Gasteiger partial charge in [-0.15, -0.1) is 0 Å². The highest BCUT2D eigenvalue weighted by molar-refractivity contribution is 5.78. The van der Waals surface area contributed by atoms with Gasteiger partial charge in [-0.2, -0.15) is 0 Å². The first-order valence-corrected chi connectivity index (χ1v) is 6.35. The Balaban J connectivity index is 1.89. The monoisotopic (exact) mass is 250 g/mol. The fourth-order valence-corrected chi connectivity index (χ4v) is 2.15. The molecule has 1 aromatic carbocycles. The number of benzene rings is 1.